The summed E-state index contributed by atoms with van der Waals surface area (Å²) in [4.78, 5) is 23.4. The summed E-state index contributed by atoms with van der Waals surface area (Å²) >= 11 is 1.66. The quantitative estimate of drug-likeness (QED) is 0.591. The molecule has 1 amide bonds. The van der Waals surface area contributed by atoms with Gasteiger partial charge in [-0.05, 0) is 30.5 Å². The average molecular weight is 336 g/mol. The van der Waals surface area contributed by atoms with E-state index < -0.39 is 5.54 Å². The Morgan fingerprint density at radius 2 is 2.09 bits per heavy atom. The van der Waals surface area contributed by atoms with Gasteiger partial charge in [0.2, 0.25) is 5.91 Å². The Kier molecular flexibility index (Phi) is 6.47. The van der Waals surface area contributed by atoms with Crippen molar-refractivity contribution >= 4 is 29.3 Å². The van der Waals surface area contributed by atoms with Crippen LogP contribution >= 0.6 is 11.8 Å². The summed E-state index contributed by atoms with van der Waals surface area (Å²) in [5.41, 5.74) is 7.33. The Balaban J connectivity index is 1.84. The third kappa shape index (κ3) is 5.25. The number of carbonyl (C=O) groups is 2. The number of esters is 1. The van der Waals surface area contributed by atoms with Gasteiger partial charge < -0.3 is 15.8 Å². The second kappa shape index (κ2) is 8.36. The van der Waals surface area contributed by atoms with Crippen LogP contribution in [0, 0.1) is 0 Å². The lowest BCUT2D eigenvalue weighted by Gasteiger charge is -2.22. The van der Waals surface area contributed by atoms with E-state index in [0.717, 1.165) is 48.4 Å². The molecule has 6 heteroatoms. The van der Waals surface area contributed by atoms with Crippen LogP contribution in [0.15, 0.2) is 24.3 Å². The SMILES string of the molecule is COC(=O)CCSCc1cccc(NC(=O)C2(N)CCCC2)c1. The zero-order valence-electron chi connectivity index (χ0n) is 13.5. The van der Waals surface area contributed by atoms with E-state index in [1.165, 1.54) is 7.11 Å². The molecule has 0 aliphatic heterocycles. The molecule has 126 valence electrons. The maximum Gasteiger partial charge on any atom is 0.306 e. The van der Waals surface area contributed by atoms with E-state index in [2.05, 4.69) is 10.1 Å². The lowest BCUT2D eigenvalue weighted by atomic mass is 9.98. The van der Waals surface area contributed by atoms with E-state index in [0.29, 0.717) is 6.42 Å². The molecule has 3 N–H and O–H groups in total. The molecule has 0 aromatic heterocycles. The smallest absolute Gasteiger partial charge is 0.306 e. The highest BCUT2D eigenvalue weighted by atomic mass is 32.2. The van der Waals surface area contributed by atoms with Crippen molar-refractivity contribution in [1.82, 2.24) is 0 Å². The summed E-state index contributed by atoms with van der Waals surface area (Å²) in [6, 6.07) is 7.76. The molecule has 0 heterocycles. The molecule has 0 radical (unpaired) electrons. The van der Waals surface area contributed by atoms with Crippen LogP contribution in [0.25, 0.3) is 0 Å². The normalized spacial score (nSPS) is 16.1. The second-order valence-corrected chi connectivity index (χ2v) is 7.00. The van der Waals surface area contributed by atoms with Crippen molar-refractivity contribution < 1.29 is 14.3 Å². The van der Waals surface area contributed by atoms with Gasteiger partial charge >= 0.3 is 5.97 Å². The highest BCUT2D eigenvalue weighted by molar-refractivity contribution is 7.98. The summed E-state index contributed by atoms with van der Waals surface area (Å²) in [6.45, 7) is 0. The fourth-order valence-electron chi connectivity index (χ4n) is 2.67. The number of rotatable bonds is 7. The summed E-state index contributed by atoms with van der Waals surface area (Å²) in [5.74, 6) is 1.22. The predicted molar refractivity (Wildman–Crippen MR) is 93.3 cm³/mol. The number of carbonyl (C=O) groups excluding carboxylic acids is 2. The molecule has 0 saturated heterocycles. The third-order valence-electron chi connectivity index (χ3n) is 4.08. The summed E-state index contributed by atoms with van der Waals surface area (Å²) in [6.07, 6.45) is 3.94. The van der Waals surface area contributed by atoms with Gasteiger partial charge in [-0.15, -0.1) is 0 Å². The molecule has 0 bridgehead atoms. The third-order valence-corrected chi connectivity index (χ3v) is 5.11. The molecular formula is C17H24N2O3S. The molecule has 1 aliphatic rings. The molecule has 0 unspecified atom stereocenters. The van der Waals surface area contributed by atoms with Crippen LogP contribution in [0.2, 0.25) is 0 Å². The second-order valence-electron chi connectivity index (χ2n) is 5.90. The zero-order valence-corrected chi connectivity index (χ0v) is 14.3. The van der Waals surface area contributed by atoms with Crippen LogP contribution in [-0.2, 0) is 20.1 Å². The highest BCUT2D eigenvalue weighted by Crippen LogP contribution is 2.28. The van der Waals surface area contributed by atoms with Gasteiger partial charge in [-0.25, -0.2) is 0 Å². The average Bonchev–Trinajstić information content (AvgIpc) is 3.00. The summed E-state index contributed by atoms with van der Waals surface area (Å²) in [5, 5.41) is 2.94. The molecule has 23 heavy (non-hydrogen) atoms. The number of hydrogen-bond donors (Lipinski definition) is 2. The fraction of sp³-hybridized carbons (Fsp3) is 0.529. The molecule has 1 saturated carbocycles. The molecule has 2 rings (SSSR count). The van der Waals surface area contributed by atoms with Crippen molar-refractivity contribution in [3.8, 4) is 0 Å². The van der Waals surface area contributed by atoms with Gasteiger partial charge in [-0.3, -0.25) is 9.59 Å². The molecule has 1 fully saturated rings. The van der Waals surface area contributed by atoms with Crippen molar-refractivity contribution in [2.75, 3.05) is 18.2 Å². The molecular weight excluding hydrogens is 312 g/mol. The topological polar surface area (TPSA) is 81.4 Å². The van der Waals surface area contributed by atoms with Gasteiger partial charge in [0.1, 0.15) is 0 Å². The van der Waals surface area contributed by atoms with E-state index in [1.54, 1.807) is 11.8 Å². The molecule has 0 spiro atoms. The van der Waals surface area contributed by atoms with E-state index in [9.17, 15) is 9.59 Å². The minimum absolute atomic E-state index is 0.0921. The fourth-order valence-corrected chi connectivity index (χ4v) is 3.55. The van der Waals surface area contributed by atoms with Crippen molar-refractivity contribution in [3.05, 3.63) is 29.8 Å². The maximum absolute atomic E-state index is 12.3. The Labute approximate surface area is 141 Å². The first-order chi connectivity index (χ1) is 11.0. The number of nitrogens with two attached hydrogens (primary N) is 1. The van der Waals surface area contributed by atoms with Crippen LogP contribution in [0.1, 0.15) is 37.7 Å². The number of ether oxygens (including phenoxy) is 1. The van der Waals surface area contributed by atoms with Crippen molar-refractivity contribution in [2.24, 2.45) is 5.73 Å². The summed E-state index contributed by atoms with van der Waals surface area (Å²) in [7, 11) is 1.40. The first-order valence-electron chi connectivity index (χ1n) is 7.87. The van der Waals surface area contributed by atoms with Crippen LogP contribution in [0.5, 0.6) is 0 Å². The van der Waals surface area contributed by atoms with Crippen molar-refractivity contribution in [1.29, 1.82) is 0 Å². The summed E-state index contributed by atoms with van der Waals surface area (Å²) < 4.78 is 4.61. The number of hydrogen-bond acceptors (Lipinski definition) is 5. The number of methoxy groups -OCH3 is 1. The van der Waals surface area contributed by atoms with Crippen LogP contribution < -0.4 is 11.1 Å². The lowest BCUT2D eigenvalue weighted by molar-refractivity contribution is -0.140. The van der Waals surface area contributed by atoms with Gasteiger partial charge in [-0.2, -0.15) is 11.8 Å². The first-order valence-corrected chi connectivity index (χ1v) is 9.03. The molecule has 1 aromatic carbocycles. The van der Waals surface area contributed by atoms with Gasteiger partial charge in [0.25, 0.3) is 0 Å². The Hall–Kier alpha value is -1.53. The van der Waals surface area contributed by atoms with Gasteiger partial charge in [-0.1, -0.05) is 25.0 Å². The molecule has 0 atom stereocenters. The van der Waals surface area contributed by atoms with E-state index >= 15 is 0 Å². The lowest BCUT2D eigenvalue weighted by Crippen LogP contribution is -2.48. The monoisotopic (exact) mass is 336 g/mol. The van der Waals surface area contributed by atoms with Crippen molar-refractivity contribution in [3.63, 3.8) is 0 Å². The van der Waals surface area contributed by atoms with Crippen LogP contribution in [-0.4, -0.2) is 30.3 Å². The number of nitrogens with one attached hydrogen (secondary N) is 1. The standard InChI is InChI=1S/C17H24N2O3S/c1-22-15(20)7-10-23-12-13-5-4-6-14(11-13)19-16(21)17(18)8-2-3-9-17/h4-6,11H,2-3,7-10,12,18H2,1H3,(H,19,21). The number of thioether (sulfide) groups is 1. The van der Waals surface area contributed by atoms with Crippen LogP contribution in [0.4, 0.5) is 5.69 Å². The predicted octanol–water partition coefficient (Wildman–Crippen LogP) is 2.69. The number of amides is 1. The van der Waals surface area contributed by atoms with Gasteiger partial charge in [0, 0.05) is 17.2 Å². The van der Waals surface area contributed by atoms with Crippen LogP contribution in [0.3, 0.4) is 0 Å². The molecule has 5 nitrogen and oxygen atoms in total. The highest BCUT2D eigenvalue weighted by Gasteiger charge is 2.36. The number of benzene rings is 1. The van der Waals surface area contributed by atoms with E-state index in [-0.39, 0.29) is 11.9 Å². The Morgan fingerprint density at radius 1 is 1.35 bits per heavy atom. The number of anilines is 1. The van der Waals surface area contributed by atoms with Gasteiger partial charge in [0.05, 0.1) is 19.1 Å². The van der Waals surface area contributed by atoms with E-state index in [4.69, 9.17) is 5.73 Å². The van der Waals surface area contributed by atoms with E-state index in [1.807, 2.05) is 24.3 Å². The first kappa shape index (κ1) is 17.8. The minimum Gasteiger partial charge on any atom is -0.469 e. The minimum atomic E-state index is -0.717. The largest absolute Gasteiger partial charge is 0.469 e. The Morgan fingerprint density at radius 3 is 2.78 bits per heavy atom. The Bertz CT molecular complexity index is 557. The van der Waals surface area contributed by atoms with Gasteiger partial charge in [0.15, 0.2) is 0 Å². The molecule has 1 aromatic rings. The zero-order chi connectivity index (χ0) is 16.7. The van der Waals surface area contributed by atoms with Crippen molar-refractivity contribution in [2.45, 2.75) is 43.4 Å². The maximum atomic E-state index is 12.3. The molecule has 1 aliphatic carbocycles.